The lowest BCUT2D eigenvalue weighted by atomic mass is 10.2. The van der Waals surface area contributed by atoms with Gasteiger partial charge in [-0.25, -0.2) is 9.36 Å². The van der Waals surface area contributed by atoms with Gasteiger partial charge in [-0.15, -0.1) is 12.8 Å². The molecule has 0 saturated heterocycles. The summed E-state index contributed by atoms with van der Waals surface area (Å²) < 4.78 is 35.3. The van der Waals surface area contributed by atoms with Crippen molar-refractivity contribution in [3.05, 3.63) is 0 Å². The first-order valence-corrected chi connectivity index (χ1v) is 7.47. The summed E-state index contributed by atoms with van der Waals surface area (Å²) >= 11 is 0. The molecule has 0 aromatic carbocycles. The fourth-order valence-electron chi connectivity index (χ4n) is 1.18. The standard InChI is InChI=1S/C13H17O8P/c1-5-9-19-12(14)8-7-11(13(15)20-10-6-2)21-22(16,17-3)18-4/h1-2,11H,7-10H2,3-4H3. The molecule has 0 N–H and O–H groups in total. The van der Waals surface area contributed by atoms with E-state index in [4.69, 9.17) is 17.4 Å². The Morgan fingerprint density at radius 1 is 1.09 bits per heavy atom. The number of phosphoric acid groups is 1. The number of esters is 2. The van der Waals surface area contributed by atoms with Crippen LogP contribution in [0.4, 0.5) is 0 Å². The molecule has 0 aliphatic rings. The van der Waals surface area contributed by atoms with Crippen LogP contribution in [0.1, 0.15) is 12.8 Å². The third-order valence-electron chi connectivity index (χ3n) is 2.19. The van der Waals surface area contributed by atoms with E-state index in [1.165, 1.54) is 0 Å². The Labute approximate surface area is 129 Å². The number of phosphoric ester groups is 1. The number of ether oxygens (including phenoxy) is 2. The molecule has 0 bridgehead atoms. The van der Waals surface area contributed by atoms with Crippen molar-refractivity contribution in [1.29, 1.82) is 0 Å². The zero-order valence-corrected chi connectivity index (χ0v) is 13.2. The van der Waals surface area contributed by atoms with Crippen LogP contribution in [0.5, 0.6) is 0 Å². The summed E-state index contributed by atoms with van der Waals surface area (Å²) in [4.78, 5) is 23.1. The van der Waals surface area contributed by atoms with Crippen molar-refractivity contribution in [2.75, 3.05) is 27.4 Å². The van der Waals surface area contributed by atoms with Crippen molar-refractivity contribution in [3.8, 4) is 24.7 Å². The first-order chi connectivity index (χ1) is 10.4. The lowest BCUT2D eigenvalue weighted by Gasteiger charge is -2.20. The molecule has 0 radical (unpaired) electrons. The van der Waals surface area contributed by atoms with E-state index in [0.717, 1.165) is 14.2 Å². The summed E-state index contributed by atoms with van der Waals surface area (Å²) in [6.07, 6.45) is 8.14. The van der Waals surface area contributed by atoms with Gasteiger partial charge in [0, 0.05) is 20.6 Å². The Kier molecular flexibility index (Phi) is 9.93. The molecule has 0 aromatic rings. The van der Waals surface area contributed by atoms with Crippen molar-refractivity contribution >= 4 is 19.8 Å². The van der Waals surface area contributed by atoms with E-state index in [2.05, 4.69) is 30.4 Å². The monoisotopic (exact) mass is 332 g/mol. The summed E-state index contributed by atoms with van der Waals surface area (Å²) in [7, 11) is -1.78. The second-order valence-corrected chi connectivity index (χ2v) is 5.46. The van der Waals surface area contributed by atoms with Crippen LogP contribution in [0.2, 0.25) is 0 Å². The Morgan fingerprint density at radius 2 is 1.64 bits per heavy atom. The smallest absolute Gasteiger partial charge is 0.452 e. The molecule has 0 fully saturated rings. The average molecular weight is 332 g/mol. The van der Waals surface area contributed by atoms with Gasteiger partial charge in [0.1, 0.15) is 0 Å². The van der Waals surface area contributed by atoms with Crippen LogP contribution in [-0.4, -0.2) is 45.5 Å². The van der Waals surface area contributed by atoms with Crippen molar-refractivity contribution in [2.45, 2.75) is 18.9 Å². The van der Waals surface area contributed by atoms with E-state index >= 15 is 0 Å². The average Bonchev–Trinajstić information content (AvgIpc) is 2.54. The fraction of sp³-hybridized carbons (Fsp3) is 0.538. The molecule has 0 aliphatic carbocycles. The van der Waals surface area contributed by atoms with E-state index in [1.807, 2.05) is 0 Å². The summed E-state index contributed by atoms with van der Waals surface area (Å²) in [6, 6.07) is 0. The highest BCUT2D eigenvalue weighted by atomic mass is 31.2. The Morgan fingerprint density at radius 3 is 2.14 bits per heavy atom. The molecule has 0 aromatic heterocycles. The van der Waals surface area contributed by atoms with Gasteiger partial charge < -0.3 is 9.47 Å². The number of hydrogen-bond acceptors (Lipinski definition) is 8. The molecular weight excluding hydrogens is 315 g/mol. The molecule has 0 heterocycles. The van der Waals surface area contributed by atoms with E-state index in [0.29, 0.717) is 0 Å². The van der Waals surface area contributed by atoms with Gasteiger partial charge in [0.2, 0.25) is 0 Å². The second-order valence-electron chi connectivity index (χ2n) is 3.62. The number of hydrogen-bond donors (Lipinski definition) is 0. The van der Waals surface area contributed by atoms with Gasteiger partial charge >= 0.3 is 19.8 Å². The molecule has 0 amide bonds. The number of terminal acetylenes is 2. The molecule has 1 atom stereocenters. The zero-order valence-electron chi connectivity index (χ0n) is 12.3. The lowest BCUT2D eigenvalue weighted by molar-refractivity contribution is -0.152. The molecule has 0 saturated carbocycles. The zero-order chi connectivity index (χ0) is 17.0. The normalized spacial score (nSPS) is 11.8. The first-order valence-electron chi connectivity index (χ1n) is 6.01. The Balaban J connectivity index is 4.76. The van der Waals surface area contributed by atoms with Gasteiger partial charge in [-0.3, -0.25) is 18.4 Å². The maximum Gasteiger partial charge on any atom is 0.475 e. The topological polar surface area (TPSA) is 97.4 Å². The van der Waals surface area contributed by atoms with Crippen LogP contribution >= 0.6 is 7.82 Å². The van der Waals surface area contributed by atoms with Crippen LogP contribution in [0.15, 0.2) is 0 Å². The largest absolute Gasteiger partial charge is 0.475 e. The van der Waals surface area contributed by atoms with E-state index in [9.17, 15) is 14.2 Å². The summed E-state index contributed by atoms with van der Waals surface area (Å²) in [6.45, 7) is -0.495. The molecule has 8 nitrogen and oxygen atoms in total. The first kappa shape index (κ1) is 20.2. The van der Waals surface area contributed by atoms with Gasteiger partial charge in [0.05, 0.1) is 0 Å². The molecule has 22 heavy (non-hydrogen) atoms. The molecule has 9 heteroatoms. The van der Waals surface area contributed by atoms with Gasteiger partial charge in [0.25, 0.3) is 0 Å². The number of rotatable bonds is 10. The highest BCUT2D eigenvalue weighted by Crippen LogP contribution is 2.49. The van der Waals surface area contributed by atoms with Gasteiger partial charge in [-0.1, -0.05) is 11.8 Å². The quantitative estimate of drug-likeness (QED) is 0.331. The van der Waals surface area contributed by atoms with Crippen LogP contribution in [-0.2, 0) is 37.2 Å². The summed E-state index contributed by atoms with van der Waals surface area (Å²) in [5.41, 5.74) is 0. The van der Waals surface area contributed by atoms with Crippen LogP contribution in [0.25, 0.3) is 0 Å². The van der Waals surface area contributed by atoms with Crippen molar-refractivity contribution in [1.82, 2.24) is 0 Å². The van der Waals surface area contributed by atoms with Gasteiger partial charge in [0.15, 0.2) is 19.3 Å². The third-order valence-corrected chi connectivity index (χ3v) is 3.60. The molecule has 1 unspecified atom stereocenters. The predicted octanol–water partition coefficient (Wildman–Crippen LogP) is 0.905. The predicted molar refractivity (Wildman–Crippen MR) is 75.3 cm³/mol. The molecule has 122 valence electrons. The van der Waals surface area contributed by atoms with E-state index in [1.54, 1.807) is 0 Å². The van der Waals surface area contributed by atoms with E-state index in [-0.39, 0.29) is 26.1 Å². The molecule has 0 aliphatic heterocycles. The summed E-state index contributed by atoms with van der Waals surface area (Å²) in [5.74, 6) is 2.66. The highest BCUT2D eigenvalue weighted by Gasteiger charge is 2.33. The maximum absolute atomic E-state index is 11.9. The maximum atomic E-state index is 11.9. The van der Waals surface area contributed by atoms with Crippen LogP contribution < -0.4 is 0 Å². The fourth-order valence-corrected chi connectivity index (χ4v) is 2.00. The second kappa shape index (κ2) is 10.8. The molecule has 0 rings (SSSR count). The Bertz CT molecular complexity index is 493. The summed E-state index contributed by atoms with van der Waals surface area (Å²) in [5, 5.41) is 0. The minimum Gasteiger partial charge on any atom is -0.452 e. The van der Waals surface area contributed by atoms with Crippen molar-refractivity contribution in [3.63, 3.8) is 0 Å². The molecule has 0 spiro atoms. The van der Waals surface area contributed by atoms with Gasteiger partial charge in [-0.2, -0.15) is 0 Å². The van der Waals surface area contributed by atoms with Gasteiger partial charge in [-0.05, 0) is 6.42 Å². The SMILES string of the molecule is C#CCOC(=O)CCC(OP(=O)(OC)OC)C(=O)OCC#C. The van der Waals surface area contributed by atoms with Crippen molar-refractivity contribution < 1.29 is 37.2 Å². The number of carbonyl (C=O) groups is 2. The number of carbonyl (C=O) groups excluding carboxylic acids is 2. The minimum absolute atomic E-state index is 0.177. The van der Waals surface area contributed by atoms with Crippen LogP contribution in [0, 0.1) is 24.7 Å². The van der Waals surface area contributed by atoms with E-state index < -0.39 is 25.9 Å². The highest BCUT2D eigenvalue weighted by molar-refractivity contribution is 7.48. The third kappa shape index (κ3) is 7.82. The molecular formula is C13H17O8P. The van der Waals surface area contributed by atoms with Crippen molar-refractivity contribution in [2.24, 2.45) is 0 Å². The lowest BCUT2D eigenvalue weighted by Crippen LogP contribution is -2.27. The Hall–Kier alpha value is -1.83. The van der Waals surface area contributed by atoms with Crippen LogP contribution in [0.3, 0.4) is 0 Å². The minimum atomic E-state index is -3.94.